The molecule has 17 heavy (non-hydrogen) atoms. The molecule has 0 saturated carbocycles. The number of aryl methyl sites for hydroxylation is 1. The molecule has 0 saturated heterocycles. The molecule has 2 rings (SSSR count). The van der Waals surface area contributed by atoms with E-state index in [1.165, 1.54) is 0 Å². The molecular formula is C12H13N3OS. The topological polar surface area (TPSA) is 47.8 Å². The fourth-order valence-electron chi connectivity index (χ4n) is 1.49. The van der Waals surface area contributed by atoms with E-state index >= 15 is 0 Å². The zero-order valence-electron chi connectivity index (χ0n) is 9.54. The number of aromatic nitrogens is 3. The number of carbonyl (C=O) groups is 1. The summed E-state index contributed by atoms with van der Waals surface area (Å²) in [7, 11) is 0. The van der Waals surface area contributed by atoms with Crippen LogP contribution < -0.4 is 0 Å². The van der Waals surface area contributed by atoms with Crippen LogP contribution in [0.25, 0.3) is 0 Å². The van der Waals surface area contributed by atoms with Gasteiger partial charge in [-0.3, -0.25) is 4.79 Å². The van der Waals surface area contributed by atoms with Gasteiger partial charge in [0.25, 0.3) is 0 Å². The molecule has 5 heteroatoms. The summed E-state index contributed by atoms with van der Waals surface area (Å²) in [5.74, 6) is 1.71. The molecule has 0 aliphatic heterocycles. The van der Waals surface area contributed by atoms with Crippen molar-refractivity contribution in [1.29, 1.82) is 0 Å². The zero-order chi connectivity index (χ0) is 12.1. The number of aldehydes is 1. The first-order valence-corrected chi connectivity index (χ1v) is 6.36. The maximum Gasteiger partial charge on any atom is 0.150 e. The van der Waals surface area contributed by atoms with E-state index in [2.05, 4.69) is 10.1 Å². The van der Waals surface area contributed by atoms with Crippen LogP contribution in [0.4, 0.5) is 0 Å². The molecule has 1 aromatic heterocycles. The normalized spacial score (nSPS) is 10.4. The highest BCUT2D eigenvalue weighted by atomic mass is 32.2. The first-order chi connectivity index (χ1) is 8.33. The van der Waals surface area contributed by atoms with Crippen molar-refractivity contribution in [2.75, 3.05) is 0 Å². The van der Waals surface area contributed by atoms with E-state index in [4.69, 9.17) is 0 Å². The summed E-state index contributed by atoms with van der Waals surface area (Å²) in [5, 5.41) is 4.12. The molecule has 2 aromatic rings. The molecule has 1 aromatic carbocycles. The summed E-state index contributed by atoms with van der Waals surface area (Å²) in [6.07, 6.45) is 2.43. The zero-order valence-corrected chi connectivity index (χ0v) is 10.4. The minimum atomic E-state index is 0.701. The largest absolute Gasteiger partial charge is 0.298 e. The first kappa shape index (κ1) is 11.9. The molecule has 0 unspecified atom stereocenters. The van der Waals surface area contributed by atoms with Crippen molar-refractivity contribution in [3.63, 3.8) is 0 Å². The van der Waals surface area contributed by atoms with E-state index in [1.807, 2.05) is 29.8 Å². The Hall–Kier alpha value is -1.62. The van der Waals surface area contributed by atoms with Crippen LogP contribution in [0.5, 0.6) is 0 Å². The van der Waals surface area contributed by atoms with Crippen LogP contribution in [-0.4, -0.2) is 21.1 Å². The van der Waals surface area contributed by atoms with Crippen LogP contribution in [0.1, 0.15) is 23.1 Å². The fourth-order valence-corrected chi connectivity index (χ4v) is 2.40. The summed E-state index contributed by atoms with van der Waals surface area (Å²) in [6, 6.07) is 7.55. The first-order valence-electron chi connectivity index (χ1n) is 5.38. The molecule has 0 radical (unpaired) electrons. The van der Waals surface area contributed by atoms with E-state index in [0.29, 0.717) is 5.56 Å². The number of hydrogen-bond acceptors (Lipinski definition) is 4. The SMILES string of the molecule is CCn1ncnc1CSc1cccc(C=O)c1. The third kappa shape index (κ3) is 2.94. The molecule has 0 atom stereocenters. The quantitative estimate of drug-likeness (QED) is 0.601. The van der Waals surface area contributed by atoms with Crippen LogP contribution in [0.2, 0.25) is 0 Å². The van der Waals surface area contributed by atoms with Crippen molar-refractivity contribution in [2.24, 2.45) is 0 Å². The van der Waals surface area contributed by atoms with Gasteiger partial charge < -0.3 is 0 Å². The van der Waals surface area contributed by atoms with Gasteiger partial charge in [-0.25, -0.2) is 9.67 Å². The molecule has 1 heterocycles. The maximum absolute atomic E-state index is 10.7. The van der Waals surface area contributed by atoms with Crippen LogP contribution >= 0.6 is 11.8 Å². The Morgan fingerprint density at radius 2 is 2.35 bits per heavy atom. The van der Waals surface area contributed by atoms with E-state index < -0.39 is 0 Å². The van der Waals surface area contributed by atoms with Gasteiger partial charge in [0.2, 0.25) is 0 Å². The average Bonchev–Trinajstić information content (AvgIpc) is 2.84. The molecule has 0 aliphatic carbocycles. The standard InChI is InChI=1S/C12H13N3OS/c1-2-15-12(13-9-14-15)8-17-11-5-3-4-10(6-11)7-16/h3-7,9H,2,8H2,1H3. The van der Waals surface area contributed by atoms with Gasteiger partial charge >= 0.3 is 0 Å². The van der Waals surface area contributed by atoms with Gasteiger partial charge in [0.15, 0.2) is 0 Å². The molecule has 0 amide bonds. The predicted molar refractivity (Wildman–Crippen MR) is 67.1 cm³/mol. The summed E-state index contributed by atoms with van der Waals surface area (Å²) >= 11 is 1.65. The van der Waals surface area contributed by atoms with Crippen molar-refractivity contribution in [3.05, 3.63) is 42.0 Å². The number of hydrogen-bond donors (Lipinski definition) is 0. The number of benzene rings is 1. The van der Waals surface area contributed by atoms with Crippen molar-refractivity contribution in [3.8, 4) is 0 Å². The molecule has 88 valence electrons. The lowest BCUT2D eigenvalue weighted by Gasteiger charge is -2.03. The highest BCUT2D eigenvalue weighted by Crippen LogP contribution is 2.22. The Balaban J connectivity index is 2.04. The monoisotopic (exact) mass is 247 g/mol. The molecule has 4 nitrogen and oxygen atoms in total. The lowest BCUT2D eigenvalue weighted by molar-refractivity contribution is 0.112. The van der Waals surface area contributed by atoms with Gasteiger partial charge in [0.05, 0.1) is 5.75 Å². The molecule has 0 bridgehead atoms. The van der Waals surface area contributed by atoms with Crippen LogP contribution in [0.3, 0.4) is 0 Å². The highest BCUT2D eigenvalue weighted by Gasteiger charge is 2.03. The predicted octanol–water partition coefficient (Wildman–Crippen LogP) is 2.40. The van der Waals surface area contributed by atoms with Gasteiger partial charge in [0, 0.05) is 17.0 Å². The summed E-state index contributed by atoms with van der Waals surface area (Å²) in [5.41, 5.74) is 0.701. The lowest BCUT2D eigenvalue weighted by atomic mass is 10.2. The second-order valence-corrected chi connectivity index (χ2v) is 4.52. The van der Waals surface area contributed by atoms with Crippen LogP contribution in [0.15, 0.2) is 35.5 Å². The van der Waals surface area contributed by atoms with Gasteiger partial charge in [-0.15, -0.1) is 11.8 Å². The average molecular weight is 247 g/mol. The molecular weight excluding hydrogens is 234 g/mol. The van der Waals surface area contributed by atoms with Gasteiger partial charge in [-0.2, -0.15) is 5.10 Å². The Morgan fingerprint density at radius 1 is 1.47 bits per heavy atom. The van der Waals surface area contributed by atoms with Crippen LogP contribution in [0, 0.1) is 0 Å². The third-order valence-electron chi connectivity index (χ3n) is 2.36. The minimum Gasteiger partial charge on any atom is -0.298 e. The number of nitrogens with zero attached hydrogens (tertiary/aromatic N) is 3. The Bertz CT molecular complexity index is 510. The second kappa shape index (κ2) is 5.63. The summed E-state index contributed by atoms with van der Waals surface area (Å²) < 4.78 is 1.87. The molecule has 0 fully saturated rings. The van der Waals surface area contributed by atoms with E-state index in [-0.39, 0.29) is 0 Å². The highest BCUT2D eigenvalue weighted by molar-refractivity contribution is 7.98. The van der Waals surface area contributed by atoms with Crippen molar-refractivity contribution in [1.82, 2.24) is 14.8 Å². The number of thioether (sulfide) groups is 1. The summed E-state index contributed by atoms with van der Waals surface area (Å²) in [6.45, 7) is 2.86. The lowest BCUT2D eigenvalue weighted by Crippen LogP contribution is -2.01. The third-order valence-corrected chi connectivity index (χ3v) is 3.35. The minimum absolute atomic E-state index is 0.701. The van der Waals surface area contributed by atoms with Gasteiger partial charge in [0.1, 0.15) is 18.4 Å². The van der Waals surface area contributed by atoms with E-state index in [1.54, 1.807) is 24.2 Å². The smallest absolute Gasteiger partial charge is 0.150 e. The second-order valence-electron chi connectivity index (χ2n) is 3.47. The van der Waals surface area contributed by atoms with E-state index in [0.717, 1.165) is 29.3 Å². The van der Waals surface area contributed by atoms with Crippen molar-refractivity contribution in [2.45, 2.75) is 24.1 Å². The van der Waals surface area contributed by atoms with Crippen molar-refractivity contribution < 1.29 is 4.79 Å². The number of carbonyl (C=O) groups excluding carboxylic acids is 1. The van der Waals surface area contributed by atoms with Gasteiger partial charge in [-0.1, -0.05) is 12.1 Å². The maximum atomic E-state index is 10.7. The number of rotatable bonds is 5. The van der Waals surface area contributed by atoms with E-state index in [9.17, 15) is 4.79 Å². The molecule has 0 spiro atoms. The Kier molecular flexibility index (Phi) is 3.93. The summed E-state index contributed by atoms with van der Waals surface area (Å²) in [4.78, 5) is 15.9. The van der Waals surface area contributed by atoms with Crippen molar-refractivity contribution >= 4 is 18.0 Å². The molecule has 0 aliphatic rings. The van der Waals surface area contributed by atoms with Crippen LogP contribution in [-0.2, 0) is 12.3 Å². The Labute approximate surface area is 104 Å². The fraction of sp³-hybridized carbons (Fsp3) is 0.250. The molecule has 0 N–H and O–H groups in total. The Morgan fingerprint density at radius 3 is 3.12 bits per heavy atom. The van der Waals surface area contributed by atoms with Gasteiger partial charge in [-0.05, 0) is 19.1 Å².